The lowest BCUT2D eigenvalue weighted by Crippen LogP contribution is -2.28. The molecule has 2 atom stereocenters. The van der Waals surface area contributed by atoms with Crippen molar-refractivity contribution in [3.63, 3.8) is 0 Å². The number of methoxy groups -OCH3 is 1. The molecule has 1 aliphatic rings. The summed E-state index contributed by atoms with van der Waals surface area (Å²) in [7, 11) is 3.52. The Morgan fingerprint density at radius 3 is 2.55 bits per heavy atom. The fraction of sp³-hybridized carbons (Fsp3) is 0.303. The van der Waals surface area contributed by atoms with E-state index in [4.69, 9.17) is 9.47 Å². The number of hydrogen-bond acceptors (Lipinski definition) is 4. The first-order chi connectivity index (χ1) is 18.4. The first kappa shape index (κ1) is 25.9. The van der Waals surface area contributed by atoms with Crippen LogP contribution in [-0.2, 0) is 11.3 Å². The first-order valence-corrected chi connectivity index (χ1v) is 13.2. The molecular weight excluding hydrogens is 477 g/mol. The van der Waals surface area contributed by atoms with Crippen LogP contribution in [0.2, 0.25) is 0 Å². The van der Waals surface area contributed by atoms with Crippen molar-refractivity contribution in [2.45, 2.75) is 44.8 Å². The number of fused-ring (bicyclic) bond motifs is 2. The average Bonchev–Trinajstić information content (AvgIpc) is 2.94. The lowest BCUT2D eigenvalue weighted by atomic mass is 9.81. The maximum atomic E-state index is 14.2. The Kier molecular flexibility index (Phi) is 7.75. The third-order valence-electron chi connectivity index (χ3n) is 7.62. The summed E-state index contributed by atoms with van der Waals surface area (Å²) in [5.41, 5.74) is 5.21. The van der Waals surface area contributed by atoms with E-state index in [1.165, 1.54) is 18.2 Å². The van der Waals surface area contributed by atoms with Crippen LogP contribution in [0.1, 0.15) is 57.8 Å². The zero-order chi connectivity index (χ0) is 26.6. The van der Waals surface area contributed by atoms with Crippen molar-refractivity contribution < 1.29 is 18.7 Å². The molecule has 4 aromatic carbocycles. The van der Waals surface area contributed by atoms with E-state index in [1.54, 1.807) is 6.07 Å². The molecule has 0 fully saturated rings. The van der Waals surface area contributed by atoms with E-state index in [-0.39, 0.29) is 23.8 Å². The smallest absolute Gasteiger partial charge is 0.337 e. The normalized spacial score (nSPS) is 16.8. The molecule has 5 rings (SSSR count). The minimum Gasteiger partial charge on any atom is -0.490 e. The monoisotopic (exact) mass is 511 g/mol. The molecule has 0 bridgehead atoms. The molecule has 5 heteroatoms. The van der Waals surface area contributed by atoms with Crippen molar-refractivity contribution >= 4 is 16.7 Å². The van der Waals surface area contributed by atoms with Gasteiger partial charge in [-0.05, 0) is 86.1 Å². The Hall–Kier alpha value is -3.70. The topological polar surface area (TPSA) is 38.8 Å². The Labute approximate surface area is 224 Å². The van der Waals surface area contributed by atoms with Crippen LogP contribution in [0, 0.1) is 12.7 Å². The highest BCUT2D eigenvalue weighted by Gasteiger charge is 2.30. The summed E-state index contributed by atoms with van der Waals surface area (Å²) in [6.45, 7) is 3.75. The molecule has 0 radical (unpaired) electrons. The van der Waals surface area contributed by atoms with Gasteiger partial charge in [-0.15, -0.1) is 0 Å². The SMILES string of the molecule is COC(=O)c1ccc(C2CC(CCCN(C)Cc3ccc(F)c4ccccc34)Oc3ccccc32)c(C)c1. The predicted molar refractivity (Wildman–Crippen MR) is 149 cm³/mol. The minimum atomic E-state index is -0.317. The standard InChI is InChI=1S/C33H34FNO3/c1-22-19-23(33(36)37-3)14-16-26(22)30-20-25(38-32-13-7-6-12-29(30)32)9-8-18-35(2)21-24-15-17-31(34)28-11-5-4-10-27(24)28/h4-7,10-17,19,25,30H,8-9,18,20-21H2,1-3H3. The van der Waals surface area contributed by atoms with Crippen LogP contribution in [0.3, 0.4) is 0 Å². The summed E-state index contributed by atoms with van der Waals surface area (Å²) in [6, 6.07) is 25.3. The second-order valence-electron chi connectivity index (χ2n) is 10.3. The fourth-order valence-electron chi connectivity index (χ4n) is 5.70. The van der Waals surface area contributed by atoms with Crippen LogP contribution in [0.15, 0.2) is 78.9 Å². The third kappa shape index (κ3) is 5.44. The molecule has 1 aliphatic heterocycles. The molecule has 0 saturated heterocycles. The maximum Gasteiger partial charge on any atom is 0.337 e. The predicted octanol–water partition coefficient (Wildman–Crippen LogP) is 7.27. The van der Waals surface area contributed by atoms with Gasteiger partial charge in [0, 0.05) is 23.4 Å². The van der Waals surface area contributed by atoms with Gasteiger partial charge in [0.2, 0.25) is 0 Å². The maximum absolute atomic E-state index is 14.2. The van der Waals surface area contributed by atoms with Gasteiger partial charge in [-0.25, -0.2) is 9.18 Å². The fourth-order valence-corrected chi connectivity index (χ4v) is 5.70. The summed E-state index contributed by atoms with van der Waals surface area (Å²) in [5, 5.41) is 1.65. The van der Waals surface area contributed by atoms with Gasteiger partial charge in [0.25, 0.3) is 0 Å². The minimum absolute atomic E-state index is 0.106. The Morgan fingerprint density at radius 1 is 1.00 bits per heavy atom. The van der Waals surface area contributed by atoms with Crippen LogP contribution < -0.4 is 4.74 Å². The third-order valence-corrected chi connectivity index (χ3v) is 7.62. The molecule has 4 nitrogen and oxygen atoms in total. The highest BCUT2D eigenvalue weighted by Crippen LogP contribution is 2.42. The van der Waals surface area contributed by atoms with Gasteiger partial charge in [0.05, 0.1) is 18.8 Å². The number of benzene rings is 4. The zero-order valence-corrected chi connectivity index (χ0v) is 22.2. The number of para-hydroxylation sites is 1. The summed E-state index contributed by atoms with van der Waals surface area (Å²) < 4.78 is 25.6. The molecule has 0 spiro atoms. The lowest BCUT2D eigenvalue weighted by Gasteiger charge is -2.33. The summed E-state index contributed by atoms with van der Waals surface area (Å²) >= 11 is 0. The zero-order valence-electron chi connectivity index (χ0n) is 22.2. The van der Waals surface area contributed by atoms with Crippen molar-refractivity contribution in [1.82, 2.24) is 4.90 Å². The Balaban J connectivity index is 1.26. The van der Waals surface area contributed by atoms with Crippen molar-refractivity contribution in [1.29, 1.82) is 0 Å². The van der Waals surface area contributed by atoms with Gasteiger partial charge < -0.3 is 14.4 Å². The number of hydrogen-bond donors (Lipinski definition) is 0. The molecule has 0 aromatic heterocycles. The molecule has 0 N–H and O–H groups in total. The van der Waals surface area contributed by atoms with Gasteiger partial charge in [0.15, 0.2) is 0 Å². The van der Waals surface area contributed by atoms with Crippen LogP contribution in [0.25, 0.3) is 10.8 Å². The summed E-state index contributed by atoms with van der Waals surface area (Å²) in [6.07, 6.45) is 2.94. The van der Waals surface area contributed by atoms with E-state index in [0.717, 1.165) is 54.6 Å². The van der Waals surface area contributed by atoms with Crippen molar-refractivity contribution in [3.8, 4) is 5.75 Å². The van der Waals surface area contributed by atoms with Crippen molar-refractivity contribution in [3.05, 3.63) is 112 Å². The average molecular weight is 512 g/mol. The molecule has 38 heavy (non-hydrogen) atoms. The van der Waals surface area contributed by atoms with E-state index < -0.39 is 0 Å². The Morgan fingerprint density at radius 2 is 1.76 bits per heavy atom. The van der Waals surface area contributed by atoms with Crippen LogP contribution in [0.5, 0.6) is 5.75 Å². The molecule has 0 aliphatic carbocycles. The first-order valence-electron chi connectivity index (χ1n) is 13.2. The van der Waals surface area contributed by atoms with Crippen LogP contribution in [0.4, 0.5) is 4.39 Å². The molecule has 1 heterocycles. The van der Waals surface area contributed by atoms with E-state index in [0.29, 0.717) is 10.9 Å². The second-order valence-corrected chi connectivity index (χ2v) is 10.3. The molecule has 196 valence electrons. The lowest BCUT2D eigenvalue weighted by molar-refractivity contribution is 0.0600. The van der Waals surface area contributed by atoms with Crippen LogP contribution in [-0.4, -0.2) is 37.7 Å². The molecule has 0 saturated carbocycles. The second kappa shape index (κ2) is 11.4. The number of ether oxygens (including phenoxy) is 2. The quantitative estimate of drug-likeness (QED) is 0.233. The van der Waals surface area contributed by atoms with E-state index in [1.807, 2.05) is 48.5 Å². The number of carbonyl (C=O) groups excluding carboxylic acids is 1. The molecule has 2 unspecified atom stereocenters. The highest BCUT2D eigenvalue weighted by atomic mass is 19.1. The van der Waals surface area contributed by atoms with E-state index in [9.17, 15) is 9.18 Å². The van der Waals surface area contributed by atoms with Crippen molar-refractivity contribution in [2.75, 3.05) is 20.7 Å². The van der Waals surface area contributed by atoms with Crippen LogP contribution >= 0.6 is 0 Å². The number of nitrogens with zero attached hydrogens (tertiary/aromatic N) is 1. The van der Waals surface area contributed by atoms with E-state index in [2.05, 4.69) is 43.1 Å². The summed E-state index contributed by atoms with van der Waals surface area (Å²) in [4.78, 5) is 14.3. The van der Waals surface area contributed by atoms with Gasteiger partial charge in [0.1, 0.15) is 11.6 Å². The Bertz CT molecular complexity index is 1450. The number of halogens is 1. The van der Waals surface area contributed by atoms with Gasteiger partial charge in [-0.3, -0.25) is 0 Å². The van der Waals surface area contributed by atoms with Gasteiger partial charge >= 0.3 is 5.97 Å². The molecule has 0 amide bonds. The number of carbonyl (C=O) groups is 1. The largest absolute Gasteiger partial charge is 0.490 e. The molecular formula is C33H34FNO3. The summed E-state index contributed by atoms with van der Waals surface area (Å²) in [5.74, 6) is 0.658. The number of esters is 1. The highest BCUT2D eigenvalue weighted by molar-refractivity contribution is 5.89. The van der Waals surface area contributed by atoms with E-state index >= 15 is 0 Å². The number of aryl methyl sites for hydroxylation is 1. The van der Waals surface area contributed by atoms with Gasteiger partial charge in [-0.2, -0.15) is 0 Å². The number of rotatable bonds is 8. The molecule has 4 aromatic rings. The van der Waals surface area contributed by atoms with Crippen molar-refractivity contribution in [2.24, 2.45) is 0 Å². The van der Waals surface area contributed by atoms with Gasteiger partial charge in [-0.1, -0.05) is 54.6 Å².